The van der Waals surface area contributed by atoms with Crippen LogP contribution in [0.4, 0.5) is 11.5 Å². The fraction of sp³-hybridized carbons (Fsp3) is 0.160. The second-order valence-electron chi connectivity index (χ2n) is 7.80. The second-order valence-corrected chi connectivity index (χ2v) is 7.80. The van der Waals surface area contributed by atoms with Crippen molar-refractivity contribution in [3.63, 3.8) is 0 Å². The van der Waals surface area contributed by atoms with E-state index in [9.17, 15) is 9.59 Å². The molecule has 154 valence electrons. The van der Waals surface area contributed by atoms with Crippen molar-refractivity contribution in [1.82, 2.24) is 14.9 Å². The molecule has 0 unspecified atom stereocenters. The first kappa shape index (κ1) is 19.1. The summed E-state index contributed by atoms with van der Waals surface area (Å²) in [5.41, 5.74) is 3.09. The standard InChI is InChI=1S/C25H22N4O2/c1-16-20(25(31)28-18-12-13-18)14-21-22(30)15-23(27-17-8-4-2-5-9-17)29(24(21)26-16)19-10-6-3-7-11-19/h2-11,14-15,18,27H,12-13H2,1H3,(H,28,31). The highest BCUT2D eigenvalue weighted by Crippen LogP contribution is 2.26. The zero-order valence-electron chi connectivity index (χ0n) is 17.1. The molecule has 1 aliphatic rings. The molecule has 1 fully saturated rings. The van der Waals surface area contributed by atoms with E-state index in [1.807, 2.05) is 65.2 Å². The van der Waals surface area contributed by atoms with Crippen LogP contribution in [0.5, 0.6) is 0 Å². The Hall–Kier alpha value is -3.93. The number of carbonyl (C=O) groups is 1. The largest absolute Gasteiger partial charge is 0.349 e. The maximum Gasteiger partial charge on any atom is 0.253 e. The van der Waals surface area contributed by atoms with E-state index >= 15 is 0 Å². The molecule has 1 amide bonds. The second kappa shape index (κ2) is 7.72. The lowest BCUT2D eigenvalue weighted by Crippen LogP contribution is -2.27. The van der Waals surface area contributed by atoms with Crippen LogP contribution in [0, 0.1) is 6.92 Å². The van der Waals surface area contributed by atoms with Crippen LogP contribution in [-0.2, 0) is 0 Å². The number of aromatic nitrogens is 2. The van der Waals surface area contributed by atoms with Crippen LogP contribution in [0.15, 0.2) is 77.6 Å². The van der Waals surface area contributed by atoms with E-state index in [1.54, 1.807) is 19.1 Å². The molecule has 4 aromatic rings. The highest BCUT2D eigenvalue weighted by Gasteiger charge is 2.25. The number of benzene rings is 2. The Labute approximate surface area is 179 Å². The first-order chi connectivity index (χ1) is 15.1. The summed E-state index contributed by atoms with van der Waals surface area (Å²) in [6.07, 6.45) is 2.00. The van der Waals surface area contributed by atoms with Gasteiger partial charge in [0.05, 0.1) is 16.6 Å². The minimum absolute atomic E-state index is 0.174. The number of nitrogens with zero attached hydrogens (tertiary/aromatic N) is 2. The lowest BCUT2D eigenvalue weighted by Gasteiger charge is -2.18. The van der Waals surface area contributed by atoms with Crippen molar-refractivity contribution >= 4 is 28.4 Å². The quantitative estimate of drug-likeness (QED) is 0.513. The molecule has 2 N–H and O–H groups in total. The van der Waals surface area contributed by atoms with E-state index in [0.29, 0.717) is 28.1 Å². The summed E-state index contributed by atoms with van der Waals surface area (Å²) >= 11 is 0. The molecule has 2 aromatic heterocycles. The number of fused-ring (bicyclic) bond motifs is 1. The summed E-state index contributed by atoms with van der Waals surface area (Å²) in [6, 6.07) is 22.9. The third kappa shape index (κ3) is 3.80. The van der Waals surface area contributed by atoms with E-state index in [0.717, 1.165) is 24.2 Å². The van der Waals surface area contributed by atoms with E-state index in [1.165, 1.54) is 0 Å². The Morgan fingerprint density at radius 1 is 1.00 bits per heavy atom. The molecule has 1 aliphatic carbocycles. The maximum absolute atomic E-state index is 13.1. The zero-order chi connectivity index (χ0) is 21.4. The van der Waals surface area contributed by atoms with Crippen molar-refractivity contribution < 1.29 is 4.79 Å². The maximum atomic E-state index is 13.1. The lowest BCUT2D eigenvalue weighted by atomic mass is 10.1. The van der Waals surface area contributed by atoms with Gasteiger partial charge in [0.2, 0.25) is 0 Å². The number of hydrogen-bond donors (Lipinski definition) is 2. The number of nitrogens with one attached hydrogen (secondary N) is 2. The Balaban J connectivity index is 1.72. The van der Waals surface area contributed by atoms with Crippen molar-refractivity contribution in [2.45, 2.75) is 25.8 Å². The molecule has 6 nitrogen and oxygen atoms in total. The van der Waals surface area contributed by atoms with Gasteiger partial charge in [-0.25, -0.2) is 4.98 Å². The van der Waals surface area contributed by atoms with Crippen LogP contribution in [0.25, 0.3) is 16.7 Å². The summed E-state index contributed by atoms with van der Waals surface area (Å²) in [6.45, 7) is 1.80. The van der Waals surface area contributed by atoms with E-state index in [-0.39, 0.29) is 17.4 Å². The van der Waals surface area contributed by atoms with Crippen LogP contribution >= 0.6 is 0 Å². The van der Waals surface area contributed by atoms with Crippen LogP contribution in [0.2, 0.25) is 0 Å². The van der Waals surface area contributed by atoms with Crippen LogP contribution in [0.3, 0.4) is 0 Å². The summed E-state index contributed by atoms with van der Waals surface area (Å²) in [5, 5.41) is 6.74. The fourth-order valence-corrected chi connectivity index (χ4v) is 3.65. The molecule has 2 heterocycles. The molecular formula is C25H22N4O2. The average molecular weight is 410 g/mol. The predicted molar refractivity (Wildman–Crippen MR) is 122 cm³/mol. The van der Waals surface area contributed by atoms with Gasteiger partial charge in [-0.2, -0.15) is 0 Å². The van der Waals surface area contributed by atoms with Crippen molar-refractivity contribution in [3.8, 4) is 5.69 Å². The number of carbonyl (C=O) groups excluding carboxylic acids is 1. The number of rotatable bonds is 5. The van der Waals surface area contributed by atoms with Crippen LogP contribution in [-0.4, -0.2) is 21.5 Å². The first-order valence-corrected chi connectivity index (χ1v) is 10.4. The van der Waals surface area contributed by atoms with Crippen molar-refractivity contribution in [2.75, 3.05) is 5.32 Å². The minimum atomic E-state index is -0.186. The van der Waals surface area contributed by atoms with Crippen LogP contribution < -0.4 is 16.1 Å². The fourth-order valence-electron chi connectivity index (χ4n) is 3.65. The van der Waals surface area contributed by atoms with Crippen LogP contribution in [0.1, 0.15) is 28.9 Å². The molecule has 0 atom stereocenters. The number of anilines is 2. The van der Waals surface area contributed by atoms with Gasteiger partial charge < -0.3 is 10.6 Å². The minimum Gasteiger partial charge on any atom is -0.349 e. The van der Waals surface area contributed by atoms with Gasteiger partial charge in [-0.1, -0.05) is 36.4 Å². The van der Waals surface area contributed by atoms with Gasteiger partial charge in [-0.05, 0) is 50.1 Å². The van der Waals surface area contributed by atoms with Gasteiger partial charge >= 0.3 is 0 Å². The summed E-state index contributed by atoms with van der Waals surface area (Å²) in [4.78, 5) is 30.5. The van der Waals surface area contributed by atoms with Crippen molar-refractivity contribution in [3.05, 3.63) is 94.3 Å². The van der Waals surface area contributed by atoms with E-state index in [4.69, 9.17) is 4.98 Å². The molecule has 0 spiro atoms. The number of para-hydroxylation sites is 2. The molecule has 1 saturated carbocycles. The lowest BCUT2D eigenvalue weighted by molar-refractivity contribution is 0.0950. The summed E-state index contributed by atoms with van der Waals surface area (Å²) in [5.74, 6) is 0.434. The van der Waals surface area contributed by atoms with Gasteiger partial charge in [0.1, 0.15) is 11.5 Å². The van der Waals surface area contributed by atoms with Crippen molar-refractivity contribution in [1.29, 1.82) is 0 Å². The topological polar surface area (TPSA) is 76.0 Å². The molecule has 5 rings (SSSR count). The van der Waals surface area contributed by atoms with E-state index in [2.05, 4.69) is 10.6 Å². The van der Waals surface area contributed by atoms with Gasteiger partial charge in [0.15, 0.2) is 5.43 Å². The Kier molecular flexibility index (Phi) is 4.75. The first-order valence-electron chi connectivity index (χ1n) is 10.4. The monoisotopic (exact) mass is 410 g/mol. The number of aryl methyl sites for hydroxylation is 1. The molecule has 0 bridgehead atoms. The third-order valence-corrected chi connectivity index (χ3v) is 5.40. The van der Waals surface area contributed by atoms with Gasteiger partial charge in [0.25, 0.3) is 5.91 Å². The number of pyridine rings is 2. The average Bonchev–Trinajstić information content (AvgIpc) is 3.59. The normalized spacial score (nSPS) is 13.2. The Morgan fingerprint density at radius 2 is 1.68 bits per heavy atom. The molecular weight excluding hydrogens is 388 g/mol. The highest BCUT2D eigenvalue weighted by molar-refractivity contribution is 5.99. The highest BCUT2D eigenvalue weighted by atomic mass is 16.1. The summed E-state index contributed by atoms with van der Waals surface area (Å²) < 4.78 is 1.92. The molecule has 0 saturated heterocycles. The van der Waals surface area contributed by atoms with Gasteiger partial charge in [-0.3, -0.25) is 14.2 Å². The molecule has 6 heteroatoms. The van der Waals surface area contributed by atoms with Gasteiger partial charge in [-0.15, -0.1) is 0 Å². The third-order valence-electron chi connectivity index (χ3n) is 5.40. The summed E-state index contributed by atoms with van der Waals surface area (Å²) in [7, 11) is 0. The van der Waals surface area contributed by atoms with E-state index < -0.39 is 0 Å². The smallest absolute Gasteiger partial charge is 0.253 e. The number of hydrogen-bond acceptors (Lipinski definition) is 4. The molecule has 0 aliphatic heterocycles. The Morgan fingerprint density at radius 3 is 2.35 bits per heavy atom. The van der Waals surface area contributed by atoms with Gasteiger partial charge in [0, 0.05) is 23.5 Å². The SMILES string of the molecule is Cc1nc2c(cc1C(=O)NC1CC1)c(=O)cc(Nc1ccccc1)n2-c1ccccc1. The predicted octanol–water partition coefficient (Wildman–Crippen LogP) is 4.33. The Bertz CT molecular complexity index is 1330. The zero-order valence-corrected chi connectivity index (χ0v) is 17.1. The molecule has 2 aromatic carbocycles. The molecule has 0 radical (unpaired) electrons. The van der Waals surface area contributed by atoms with Crippen molar-refractivity contribution in [2.24, 2.45) is 0 Å². The number of amides is 1. The molecule has 31 heavy (non-hydrogen) atoms.